The number of carbonyl (C=O) groups excluding carboxylic acids is 1. The molecule has 0 radical (unpaired) electrons. The fourth-order valence-corrected chi connectivity index (χ4v) is 7.02. The Kier molecular flexibility index (Phi) is 8.79. The van der Waals surface area contributed by atoms with E-state index in [1.165, 1.54) is 4.90 Å². The summed E-state index contributed by atoms with van der Waals surface area (Å²) in [4.78, 5) is 12.6. The number of rotatable bonds is 9. The lowest BCUT2D eigenvalue weighted by Crippen LogP contribution is -2.68. The average molecular weight is 611 g/mol. The van der Waals surface area contributed by atoms with Crippen LogP contribution in [0, 0.1) is 0 Å². The Morgan fingerprint density at radius 2 is 1.25 bits per heavy atom. The number of alkyl halides is 9. The largest absolute Gasteiger partial charge is 0.512 e. The number of carbonyl (C=O) groups is 1. The Labute approximate surface area is 198 Å². The van der Waals surface area contributed by atoms with Crippen molar-refractivity contribution >= 4 is 36.0 Å². The molecule has 0 amide bonds. The molecule has 0 aliphatic carbocycles. The van der Waals surface area contributed by atoms with Gasteiger partial charge < -0.3 is 4.74 Å². The summed E-state index contributed by atoms with van der Waals surface area (Å²) in [5, 5.41) is -14.4. The van der Waals surface area contributed by atoms with Crippen molar-refractivity contribution in [2.24, 2.45) is 0 Å². The molecule has 1 N–H and O–H groups in total. The monoisotopic (exact) mass is 611 g/mol. The standard InChI is InChI=1S/C13H18F9N3O8S3/c1-7-4-24(5-8(2)25(7)6-9(26)33-3)36(31,32)12(18,19)10(14,15)11(16,17)34(27,28)23-35(29,30)13(20,21)22/h7-8,23H,4-6H2,1-3H3. The first-order valence-electron chi connectivity index (χ1n) is 9.01. The van der Waals surface area contributed by atoms with Gasteiger partial charge in [0.25, 0.3) is 20.0 Å². The summed E-state index contributed by atoms with van der Waals surface area (Å²) in [6.07, 6.45) is 0. The van der Waals surface area contributed by atoms with Crippen LogP contribution in [0.5, 0.6) is 0 Å². The van der Waals surface area contributed by atoms with E-state index in [1.54, 1.807) is 0 Å². The van der Waals surface area contributed by atoms with Gasteiger partial charge in [0.05, 0.1) is 13.7 Å². The van der Waals surface area contributed by atoms with Crippen LogP contribution in [0.2, 0.25) is 0 Å². The Hall–Kier alpha value is -1.43. The lowest BCUT2D eigenvalue weighted by Gasteiger charge is -2.44. The van der Waals surface area contributed by atoms with E-state index in [2.05, 4.69) is 4.74 Å². The first-order valence-corrected chi connectivity index (χ1v) is 13.4. The molecule has 1 fully saturated rings. The molecule has 1 aliphatic heterocycles. The van der Waals surface area contributed by atoms with Gasteiger partial charge in [-0.3, -0.25) is 9.69 Å². The SMILES string of the molecule is COC(=O)CN1C(C)CN(S(=O)(=O)C(F)(F)C(F)(F)C(F)(F)S(=O)(=O)NS(=O)(=O)C(F)(F)F)CC1C. The van der Waals surface area contributed by atoms with E-state index in [1.807, 2.05) is 0 Å². The minimum atomic E-state index is -7.84. The Morgan fingerprint density at radius 3 is 1.61 bits per heavy atom. The van der Waals surface area contributed by atoms with Crippen LogP contribution in [-0.4, -0.2) is 101 Å². The maximum absolute atomic E-state index is 14.5. The molecule has 0 aromatic rings. The molecule has 2 unspecified atom stereocenters. The molecule has 1 saturated heterocycles. The second-order valence-corrected chi connectivity index (χ2v) is 13.0. The van der Waals surface area contributed by atoms with Crippen molar-refractivity contribution < 1.29 is 74.3 Å². The highest BCUT2D eigenvalue weighted by Gasteiger charge is 2.83. The summed E-state index contributed by atoms with van der Waals surface area (Å²) in [7, 11) is -21.1. The normalized spacial score (nSPS) is 22.4. The minimum Gasteiger partial charge on any atom is -0.468 e. The number of halogens is 9. The molecule has 0 aromatic carbocycles. The fraction of sp³-hybridized carbons (Fsp3) is 0.923. The van der Waals surface area contributed by atoms with Crippen molar-refractivity contribution in [3.8, 4) is 0 Å². The maximum atomic E-state index is 14.5. The molecule has 1 rings (SSSR count). The summed E-state index contributed by atoms with van der Waals surface area (Å²) < 4.78 is 194. The molecular weight excluding hydrogens is 593 g/mol. The molecular formula is C13H18F9N3O8S3. The van der Waals surface area contributed by atoms with Gasteiger partial charge in [-0.1, -0.05) is 4.13 Å². The molecule has 0 bridgehead atoms. The number of hydrogen-bond donors (Lipinski definition) is 1. The van der Waals surface area contributed by atoms with Crippen molar-refractivity contribution in [3.63, 3.8) is 0 Å². The zero-order valence-electron chi connectivity index (χ0n) is 18.1. The molecule has 1 heterocycles. The predicted octanol–water partition coefficient (Wildman–Crippen LogP) is 0.474. The van der Waals surface area contributed by atoms with Crippen LogP contribution in [0.15, 0.2) is 0 Å². The molecule has 11 nitrogen and oxygen atoms in total. The zero-order valence-corrected chi connectivity index (χ0v) is 20.5. The van der Waals surface area contributed by atoms with Crippen LogP contribution in [0.3, 0.4) is 0 Å². The number of hydrogen-bond acceptors (Lipinski definition) is 9. The number of nitrogens with zero attached hydrogens (tertiary/aromatic N) is 2. The third-order valence-corrected chi connectivity index (χ3v) is 10.0. The summed E-state index contributed by atoms with van der Waals surface area (Å²) in [6.45, 7) is -0.470. The van der Waals surface area contributed by atoms with E-state index in [0.717, 1.165) is 21.0 Å². The van der Waals surface area contributed by atoms with Crippen LogP contribution in [0.1, 0.15) is 13.8 Å². The summed E-state index contributed by atoms with van der Waals surface area (Å²) in [6, 6.07) is -2.37. The molecule has 214 valence electrons. The summed E-state index contributed by atoms with van der Waals surface area (Å²) in [5.41, 5.74) is -6.66. The number of sulfonamides is 3. The van der Waals surface area contributed by atoms with Crippen LogP contribution in [0.4, 0.5) is 39.5 Å². The number of nitrogens with one attached hydrogen (secondary N) is 1. The summed E-state index contributed by atoms with van der Waals surface area (Å²) in [5.74, 6) is -8.37. The molecule has 2 atom stereocenters. The topological polar surface area (TPSA) is 147 Å². The van der Waals surface area contributed by atoms with Gasteiger partial charge in [-0.25, -0.2) is 25.3 Å². The highest BCUT2D eigenvalue weighted by Crippen LogP contribution is 2.51. The van der Waals surface area contributed by atoms with Gasteiger partial charge in [0.1, 0.15) is 0 Å². The van der Waals surface area contributed by atoms with Crippen molar-refractivity contribution in [1.29, 1.82) is 0 Å². The van der Waals surface area contributed by atoms with E-state index in [-0.39, 0.29) is 0 Å². The highest BCUT2D eigenvalue weighted by molar-refractivity contribution is 8.05. The lowest BCUT2D eigenvalue weighted by molar-refractivity contribution is -0.245. The summed E-state index contributed by atoms with van der Waals surface area (Å²) >= 11 is 0. The Balaban J connectivity index is 3.44. The number of ether oxygens (including phenoxy) is 1. The Bertz CT molecular complexity index is 1160. The van der Waals surface area contributed by atoms with Crippen LogP contribution in [0.25, 0.3) is 0 Å². The third-order valence-electron chi connectivity index (χ3n) is 4.86. The number of esters is 1. The maximum Gasteiger partial charge on any atom is 0.512 e. The minimum absolute atomic E-state index is 0.410. The van der Waals surface area contributed by atoms with Crippen LogP contribution in [-0.2, 0) is 39.6 Å². The van der Waals surface area contributed by atoms with Gasteiger partial charge >= 0.3 is 37.9 Å². The van der Waals surface area contributed by atoms with Gasteiger partial charge in [-0.15, -0.1) is 0 Å². The van der Waals surface area contributed by atoms with E-state index in [0.29, 0.717) is 0 Å². The molecule has 0 saturated carbocycles. The van der Waals surface area contributed by atoms with Crippen molar-refractivity contribution in [2.75, 3.05) is 26.7 Å². The van der Waals surface area contributed by atoms with E-state index < -0.39 is 98.1 Å². The van der Waals surface area contributed by atoms with Gasteiger partial charge in [0, 0.05) is 25.2 Å². The second kappa shape index (κ2) is 9.71. The lowest BCUT2D eigenvalue weighted by atomic mass is 10.1. The van der Waals surface area contributed by atoms with Crippen LogP contribution >= 0.6 is 0 Å². The van der Waals surface area contributed by atoms with Crippen LogP contribution < -0.4 is 4.13 Å². The molecule has 1 aliphatic rings. The smallest absolute Gasteiger partial charge is 0.468 e. The molecule has 0 spiro atoms. The van der Waals surface area contributed by atoms with E-state index >= 15 is 0 Å². The Morgan fingerprint density at radius 1 is 0.833 bits per heavy atom. The van der Waals surface area contributed by atoms with Crippen molar-refractivity contribution in [1.82, 2.24) is 13.3 Å². The van der Waals surface area contributed by atoms with Gasteiger partial charge in [0.15, 0.2) is 0 Å². The molecule has 36 heavy (non-hydrogen) atoms. The third kappa shape index (κ3) is 5.39. The fourth-order valence-electron chi connectivity index (χ4n) is 2.94. The molecule has 23 heteroatoms. The van der Waals surface area contributed by atoms with Gasteiger partial charge in [0.2, 0.25) is 0 Å². The quantitative estimate of drug-likeness (QED) is 0.290. The molecule has 0 aromatic heterocycles. The van der Waals surface area contributed by atoms with Gasteiger partial charge in [-0.05, 0) is 13.8 Å². The van der Waals surface area contributed by atoms with Crippen molar-refractivity contribution in [3.05, 3.63) is 0 Å². The van der Waals surface area contributed by atoms with Crippen molar-refractivity contribution in [2.45, 2.75) is 47.9 Å². The first kappa shape index (κ1) is 32.6. The average Bonchev–Trinajstić information content (AvgIpc) is 2.67. The van der Waals surface area contributed by atoms with Gasteiger partial charge in [-0.2, -0.15) is 43.8 Å². The van der Waals surface area contributed by atoms with E-state index in [9.17, 15) is 69.6 Å². The first-order chi connectivity index (χ1) is 15.7. The predicted molar refractivity (Wildman–Crippen MR) is 100 cm³/mol. The number of piperazine rings is 1. The number of methoxy groups -OCH3 is 1. The second-order valence-electron chi connectivity index (χ2n) is 7.41. The highest BCUT2D eigenvalue weighted by atomic mass is 32.3. The van der Waals surface area contributed by atoms with E-state index in [4.69, 9.17) is 0 Å². The zero-order chi connectivity index (χ0) is 28.9.